The molecular weight excluding hydrogens is 288 g/mol. The molecule has 0 spiro atoms. The molecule has 0 aromatic heterocycles. The molecule has 21 heavy (non-hydrogen) atoms. The molecule has 3 rings (SSSR count). The van der Waals surface area contributed by atoms with Crippen molar-refractivity contribution in [2.45, 2.75) is 6.54 Å². The van der Waals surface area contributed by atoms with E-state index in [2.05, 4.69) is 11.4 Å². The maximum Gasteiger partial charge on any atom is 0.179 e. The lowest BCUT2D eigenvalue weighted by Gasteiger charge is -2.20. The van der Waals surface area contributed by atoms with E-state index >= 15 is 0 Å². The Balaban J connectivity index is 1.76. The van der Waals surface area contributed by atoms with Gasteiger partial charge in [0.25, 0.3) is 0 Å². The summed E-state index contributed by atoms with van der Waals surface area (Å²) in [5.74, 6) is 1.29. The molecule has 0 bridgehead atoms. The smallest absolute Gasteiger partial charge is 0.179 e. The first-order valence-electron chi connectivity index (χ1n) is 6.58. The number of nitrogens with one attached hydrogen (secondary N) is 1. The second-order valence-electron chi connectivity index (χ2n) is 4.65. The van der Waals surface area contributed by atoms with Crippen LogP contribution in [0.25, 0.3) is 0 Å². The lowest BCUT2D eigenvalue weighted by molar-refractivity contribution is 0.171. The third-order valence-electron chi connectivity index (χ3n) is 3.14. The Morgan fingerprint density at radius 2 is 2.05 bits per heavy atom. The van der Waals surface area contributed by atoms with Gasteiger partial charge in [-0.1, -0.05) is 17.7 Å². The Hall–Kier alpha value is -2.38. The van der Waals surface area contributed by atoms with Gasteiger partial charge in [-0.25, -0.2) is 0 Å². The maximum atomic E-state index is 8.89. The fourth-order valence-electron chi connectivity index (χ4n) is 2.17. The van der Waals surface area contributed by atoms with Crippen molar-refractivity contribution >= 4 is 17.3 Å². The molecule has 0 aliphatic carbocycles. The molecule has 5 heteroatoms. The SMILES string of the molecule is N#Cc1cccc(NCc2cc(Cl)c3c(c2)OCCO3)c1. The van der Waals surface area contributed by atoms with E-state index < -0.39 is 0 Å². The van der Waals surface area contributed by atoms with Crippen LogP contribution in [-0.4, -0.2) is 13.2 Å². The highest BCUT2D eigenvalue weighted by Crippen LogP contribution is 2.38. The van der Waals surface area contributed by atoms with Crippen molar-refractivity contribution in [1.82, 2.24) is 0 Å². The Kier molecular flexibility index (Phi) is 3.85. The average molecular weight is 301 g/mol. The van der Waals surface area contributed by atoms with Crippen molar-refractivity contribution in [3.05, 3.63) is 52.5 Å². The average Bonchev–Trinajstić information content (AvgIpc) is 2.53. The van der Waals surface area contributed by atoms with E-state index in [4.69, 9.17) is 26.3 Å². The molecule has 4 nitrogen and oxygen atoms in total. The molecule has 0 amide bonds. The van der Waals surface area contributed by atoms with Crippen LogP contribution >= 0.6 is 11.6 Å². The van der Waals surface area contributed by atoms with Crippen LogP contribution in [0.1, 0.15) is 11.1 Å². The highest BCUT2D eigenvalue weighted by Gasteiger charge is 2.16. The maximum absolute atomic E-state index is 8.89. The predicted molar refractivity (Wildman–Crippen MR) is 80.9 cm³/mol. The number of hydrogen-bond acceptors (Lipinski definition) is 4. The number of ether oxygens (including phenoxy) is 2. The minimum atomic E-state index is 0.519. The molecule has 1 heterocycles. The quantitative estimate of drug-likeness (QED) is 0.941. The molecule has 0 radical (unpaired) electrons. The third kappa shape index (κ3) is 3.04. The first-order chi connectivity index (χ1) is 10.3. The second-order valence-corrected chi connectivity index (χ2v) is 5.06. The van der Waals surface area contributed by atoms with E-state index in [0.717, 1.165) is 11.3 Å². The molecule has 0 saturated heterocycles. The second kappa shape index (κ2) is 5.94. The fraction of sp³-hybridized carbons (Fsp3) is 0.188. The Morgan fingerprint density at radius 1 is 1.19 bits per heavy atom. The van der Waals surface area contributed by atoms with Gasteiger partial charge < -0.3 is 14.8 Å². The summed E-state index contributed by atoms with van der Waals surface area (Å²) in [6.07, 6.45) is 0. The zero-order valence-electron chi connectivity index (χ0n) is 11.2. The number of nitrogens with zero attached hydrogens (tertiary/aromatic N) is 1. The minimum Gasteiger partial charge on any atom is -0.486 e. The first kappa shape index (κ1) is 13.6. The van der Waals surface area contributed by atoms with E-state index in [1.54, 1.807) is 12.1 Å². The van der Waals surface area contributed by atoms with Gasteiger partial charge in [0.2, 0.25) is 0 Å². The van der Waals surface area contributed by atoms with Crippen LogP contribution in [0.4, 0.5) is 5.69 Å². The lowest BCUT2D eigenvalue weighted by Crippen LogP contribution is -2.16. The fourth-order valence-corrected chi connectivity index (χ4v) is 2.46. The number of hydrogen-bond donors (Lipinski definition) is 1. The summed E-state index contributed by atoms with van der Waals surface area (Å²) < 4.78 is 11.0. The molecule has 0 fully saturated rings. The van der Waals surface area contributed by atoms with Gasteiger partial charge in [-0.2, -0.15) is 5.26 Å². The van der Waals surface area contributed by atoms with Crippen LogP contribution in [0.2, 0.25) is 5.02 Å². The molecular formula is C16H13ClN2O2. The van der Waals surface area contributed by atoms with Crippen molar-refractivity contribution in [3.8, 4) is 17.6 Å². The van der Waals surface area contributed by atoms with Gasteiger partial charge in [-0.05, 0) is 35.9 Å². The van der Waals surface area contributed by atoms with Gasteiger partial charge in [-0.3, -0.25) is 0 Å². The van der Waals surface area contributed by atoms with Crippen LogP contribution in [-0.2, 0) is 6.54 Å². The van der Waals surface area contributed by atoms with E-state index in [1.807, 2.05) is 24.3 Å². The highest BCUT2D eigenvalue weighted by molar-refractivity contribution is 6.32. The Bertz CT molecular complexity index is 710. The number of anilines is 1. The summed E-state index contributed by atoms with van der Waals surface area (Å²) in [5.41, 5.74) is 2.51. The highest BCUT2D eigenvalue weighted by atomic mass is 35.5. The van der Waals surface area contributed by atoms with Gasteiger partial charge in [0.1, 0.15) is 13.2 Å². The van der Waals surface area contributed by atoms with Gasteiger partial charge in [-0.15, -0.1) is 0 Å². The van der Waals surface area contributed by atoms with Gasteiger partial charge in [0.05, 0.1) is 16.7 Å². The summed E-state index contributed by atoms with van der Waals surface area (Å²) in [5, 5.41) is 12.7. The molecule has 106 valence electrons. The Morgan fingerprint density at radius 3 is 2.90 bits per heavy atom. The van der Waals surface area contributed by atoms with Crippen molar-refractivity contribution in [2.24, 2.45) is 0 Å². The standard InChI is InChI=1S/C16H13ClN2O2/c17-14-7-12(8-15-16(14)21-5-4-20-15)10-19-13-3-1-2-11(6-13)9-18/h1-3,6-8,19H,4-5,10H2. The summed E-state index contributed by atoms with van der Waals surface area (Å²) in [6.45, 7) is 1.64. The van der Waals surface area contributed by atoms with Crippen molar-refractivity contribution < 1.29 is 9.47 Å². The number of nitriles is 1. The molecule has 2 aromatic carbocycles. The van der Waals surface area contributed by atoms with E-state index in [-0.39, 0.29) is 0 Å². The predicted octanol–water partition coefficient (Wildman–Crippen LogP) is 3.59. The zero-order chi connectivity index (χ0) is 14.7. The topological polar surface area (TPSA) is 54.3 Å². The zero-order valence-corrected chi connectivity index (χ0v) is 12.0. The van der Waals surface area contributed by atoms with Crippen LogP contribution in [0, 0.1) is 11.3 Å². The number of halogens is 1. The van der Waals surface area contributed by atoms with Crippen LogP contribution in [0.15, 0.2) is 36.4 Å². The van der Waals surface area contributed by atoms with Crippen molar-refractivity contribution in [3.63, 3.8) is 0 Å². The van der Waals surface area contributed by atoms with E-state index in [1.165, 1.54) is 0 Å². The summed E-state index contributed by atoms with van der Waals surface area (Å²) in [4.78, 5) is 0. The molecule has 1 N–H and O–H groups in total. The molecule has 0 unspecified atom stereocenters. The minimum absolute atomic E-state index is 0.519. The van der Waals surface area contributed by atoms with Crippen LogP contribution < -0.4 is 14.8 Å². The number of fused-ring (bicyclic) bond motifs is 1. The van der Waals surface area contributed by atoms with E-state index in [0.29, 0.717) is 41.8 Å². The molecule has 2 aromatic rings. The van der Waals surface area contributed by atoms with E-state index in [9.17, 15) is 0 Å². The van der Waals surface area contributed by atoms with Crippen LogP contribution in [0.3, 0.4) is 0 Å². The summed E-state index contributed by atoms with van der Waals surface area (Å²) in [6, 6.07) is 13.2. The Labute approximate surface area is 127 Å². The molecule has 0 atom stereocenters. The summed E-state index contributed by atoms with van der Waals surface area (Å²) >= 11 is 6.20. The van der Waals surface area contributed by atoms with Crippen molar-refractivity contribution in [1.29, 1.82) is 5.26 Å². The van der Waals surface area contributed by atoms with Crippen LogP contribution in [0.5, 0.6) is 11.5 Å². The lowest BCUT2D eigenvalue weighted by atomic mass is 10.1. The molecule has 1 aliphatic heterocycles. The number of benzene rings is 2. The normalized spacial score (nSPS) is 12.6. The number of rotatable bonds is 3. The molecule has 1 aliphatic rings. The summed E-state index contributed by atoms with van der Waals surface area (Å²) in [7, 11) is 0. The van der Waals surface area contributed by atoms with Gasteiger partial charge >= 0.3 is 0 Å². The molecule has 0 saturated carbocycles. The monoisotopic (exact) mass is 300 g/mol. The van der Waals surface area contributed by atoms with Crippen molar-refractivity contribution in [2.75, 3.05) is 18.5 Å². The third-order valence-corrected chi connectivity index (χ3v) is 3.43. The van der Waals surface area contributed by atoms with Gasteiger partial charge in [0, 0.05) is 12.2 Å². The largest absolute Gasteiger partial charge is 0.486 e. The van der Waals surface area contributed by atoms with Gasteiger partial charge in [0.15, 0.2) is 11.5 Å². The first-order valence-corrected chi connectivity index (χ1v) is 6.96.